The van der Waals surface area contributed by atoms with Gasteiger partial charge in [0.05, 0.1) is 7.11 Å². The molecule has 0 saturated heterocycles. The quantitative estimate of drug-likeness (QED) is 0.698. The van der Waals surface area contributed by atoms with Crippen LogP contribution in [0.2, 0.25) is 0 Å². The largest absolute Gasteiger partial charge is 0.496 e. The van der Waals surface area contributed by atoms with Crippen LogP contribution in [0.3, 0.4) is 0 Å². The van der Waals surface area contributed by atoms with Gasteiger partial charge in [0.1, 0.15) is 5.75 Å². The van der Waals surface area contributed by atoms with Crippen LogP contribution in [-0.2, 0) is 6.42 Å². The molecule has 0 bridgehead atoms. The molecule has 0 fully saturated rings. The van der Waals surface area contributed by atoms with Crippen molar-refractivity contribution in [2.45, 2.75) is 32.6 Å². The molecule has 0 aliphatic rings. The Labute approximate surface area is 112 Å². The molecule has 0 aliphatic heterocycles. The average molecular weight is 249 g/mol. The molecule has 0 spiro atoms. The van der Waals surface area contributed by atoms with E-state index in [1.54, 1.807) is 7.11 Å². The normalized spacial score (nSPS) is 12.7. The molecular weight excluding hydrogens is 222 g/mol. The van der Waals surface area contributed by atoms with Gasteiger partial charge in [-0.3, -0.25) is 0 Å². The highest BCUT2D eigenvalue weighted by Gasteiger charge is 2.13. The van der Waals surface area contributed by atoms with Crippen molar-refractivity contribution in [2.75, 3.05) is 27.7 Å². The van der Waals surface area contributed by atoms with Crippen LogP contribution >= 0.6 is 0 Å². The molecule has 0 N–H and O–H groups in total. The maximum Gasteiger partial charge on any atom is 0.122 e. The molecule has 1 unspecified atom stereocenters. The number of rotatable bonds is 8. The Kier molecular flexibility index (Phi) is 6.81. The summed E-state index contributed by atoms with van der Waals surface area (Å²) in [5.74, 6) is 1.74. The number of unbranched alkanes of at least 4 members (excludes halogenated alkanes) is 1. The van der Waals surface area contributed by atoms with Crippen LogP contribution in [-0.4, -0.2) is 32.6 Å². The highest BCUT2D eigenvalue weighted by atomic mass is 16.5. The Morgan fingerprint density at radius 2 is 1.94 bits per heavy atom. The van der Waals surface area contributed by atoms with E-state index in [9.17, 15) is 0 Å². The highest BCUT2D eigenvalue weighted by Crippen LogP contribution is 2.23. The number of nitrogens with zero attached hydrogens (tertiary/aromatic N) is 1. The van der Waals surface area contributed by atoms with E-state index < -0.39 is 0 Å². The van der Waals surface area contributed by atoms with Crippen molar-refractivity contribution in [3.05, 3.63) is 29.8 Å². The lowest BCUT2D eigenvalue weighted by Gasteiger charge is -2.22. The second kappa shape index (κ2) is 8.15. The van der Waals surface area contributed by atoms with Crippen LogP contribution in [0.5, 0.6) is 5.75 Å². The average Bonchev–Trinajstić information content (AvgIpc) is 2.36. The van der Waals surface area contributed by atoms with E-state index in [0.717, 1.165) is 24.6 Å². The van der Waals surface area contributed by atoms with E-state index in [0.29, 0.717) is 0 Å². The van der Waals surface area contributed by atoms with E-state index in [1.165, 1.54) is 24.8 Å². The number of ether oxygens (including phenoxy) is 1. The van der Waals surface area contributed by atoms with Crippen molar-refractivity contribution in [2.24, 2.45) is 5.92 Å². The summed E-state index contributed by atoms with van der Waals surface area (Å²) in [5.41, 5.74) is 1.34. The van der Waals surface area contributed by atoms with Gasteiger partial charge in [-0.15, -0.1) is 0 Å². The summed E-state index contributed by atoms with van der Waals surface area (Å²) in [5, 5.41) is 0. The zero-order chi connectivity index (χ0) is 13.4. The van der Waals surface area contributed by atoms with Crippen molar-refractivity contribution < 1.29 is 4.74 Å². The molecule has 18 heavy (non-hydrogen) atoms. The van der Waals surface area contributed by atoms with E-state index in [4.69, 9.17) is 4.74 Å². The first kappa shape index (κ1) is 15.0. The third kappa shape index (κ3) is 5.09. The fraction of sp³-hybridized carbons (Fsp3) is 0.625. The van der Waals surface area contributed by atoms with Crippen molar-refractivity contribution in [1.29, 1.82) is 0 Å². The van der Waals surface area contributed by atoms with Gasteiger partial charge in [-0.05, 0) is 44.5 Å². The summed E-state index contributed by atoms with van der Waals surface area (Å²) < 4.78 is 5.44. The molecule has 0 amide bonds. The van der Waals surface area contributed by atoms with Gasteiger partial charge in [0, 0.05) is 6.54 Å². The van der Waals surface area contributed by atoms with Crippen LogP contribution in [0.4, 0.5) is 0 Å². The standard InChI is InChI=1S/C16H27NO/c1-5-6-9-14(13-17(2)3)12-15-10-7-8-11-16(15)18-4/h7-8,10-11,14H,5-6,9,12-13H2,1-4H3. The summed E-state index contributed by atoms with van der Waals surface area (Å²) in [6.45, 7) is 3.41. The first-order chi connectivity index (χ1) is 8.67. The second-order valence-corrected chi connectivity index (χ2v) is 5.29. The lowest BCUT2D eigenvalue weighted by molar-refractivity contribution is 0.302. The molecule has 1 atom stereocenters. The minimum absolute atomic E-state index is 0.719. The highest BCUT2D eigenvalue weighted by molar-refractivity contribution is 5.33. The Morgan fingerprint density at radius 1 is 1.22 bits per heavy atom. The summed E-state index contributed by atoms with van der Waals surface area (Å²) >= 11 is 0. The Balaban J connectivity index is 2.68. The zero-order valence-electron chi connectivity index (χ0n) is 12.3. The molecule has 1 aromatic rings. The van der Waals surface area contributed by atoms with E-state index in [-0.39, 0.29) is 0 Å². The molecule has 0 heterocycles. The molecular formula is C16H27NO. The van der Waals surface area contributed by atoms with Crippen molar-refractivity contribution in [3.8, 4) is 5.75 Å². The summed E-state index contributed by atoms with van der Waals surface area (Å²) in [6, 6.07) is 8.38. The van der Waals surface area contributed by atoms with Crippen LogP contribution in [0.15, 0.2) is 24.3 Å². The fourth-order valence-electron chi connectivity index (χ4n) is 2.45. The minimum Gasteiger partial charge on any atom is -0.496 e. The van der Waals surface area contributed by atoms with Gasteiger partial charge in [-0.1, -0.05) is 38.0 Å². The van der Waals surface area contributed by atoms with Crippen molar-refractivity contribution in [1.82, 2.24) is 4.90 Å². The van der Waals surface area contributed by atoms with E-state index >= 15 is 0 Å². The monoisotopic (exact) mass is 249 g/mol. The first-order valence-electron chi connectivity index (χ1n) is 6.94. The summed E-state index contributed by atoms with van der Waals surface area (Å²) in [4.78, 5) is 2.29. The number of methoxy groups -OCH3 is 1. The molecule has 0 aliphatic carbocycles. The number of hydrogen-bond acceptors (Lipinski definition) is 2. The van der Waals surface area contributed by atoms with Crippen LogP contribution in [0.25, 0.3) is 0 Å². The fourth-order valence-corrected chi connectivity index (χ4v) is 2.45. The SMILES string of the molecule is CCCCC(Cc1ccccc1OC)CN(C)C. The van der Waals surface area contributed by atoms with Gasteiger partial charge in [0.2, 0.25) is 0 Å². The molecule has 1 rings (SSSR count). The van der Waals surface area contributed by atoms with E-state index in [1.807, 2.05) is 6.07 Å². The molecule has 0 saturated carbocycles. The van der Waals surface area contributed by atoms with Crippen molar-refractivity contribution >= 4 is 0 Å². The second-order valence-electron chi connectivity index (χ2n) is 5.29. The van der Waals surface area contributed by atoms with Crippen LogP contribution < -0.4 is 4.74 Å². The molecule has 1 aromatic carbocycles. The zero-order valence-corrected chi connectivity index (χ0v) is 12.3. The van der Waals surface area contributed by atoms with Gasteiger partial charge >= 0.3 is 0 Å². The van der Waals surface area contributed by atoms with Gasteiger partial charge in [-0.25, -0.2) is 0 Å². The molecule has 0 radical (unpaired) electrons. The van der Waals surface area contributed by atoms with Crippen LogP contribution in [0, 0.1) is 5.92 Å². The lowest BCUT2D eigenvalue weighted by atomic mass is 9.93. The van der Waals surface area contributed by atoms with Gasteiger partial charge in [0.15, 0.2) is 0 Å². The van der Waals surface area contributed by atoms with Gasteiger partial charge in [-0.2, -0.15) is 0 Å². The predicted molar refractivity (Wildman–Crippen MR) is 78.3 cm³/mol. The maximum absolute atomic E-state index is 5.44. The van der Waals surface area contributed by atoms with E-state index in [2.05, 4.69) is 44.1 Å². The number of hydrogen-bond donors (Lipinski definition) is 0. The lowest BCUT2D eigenvalue weighted by Crippen LogP contribution is -2.23. The molecule has 2 heteroatoms. The summed E-state index contributed by atoms with van der Waals surface area (Å²) in [6.07, 6.45) is 5.00. The molecule has 102 valence electrons. The number of para-hydroxylation sites is 1. The summed E-state index contributed by atoms with van der Waals surface area (Å²) in [7, 11) is 6.06. The predicted octanol–water partition coefficient (Wildman–Crippen LogP) is 3.61. The molecule has 0 aromatic heterocycles. The topological polar surface area (TPSA) is 12.5 Å². The van der Waals surface area contributed by atoms with Crippen LogP contribution in [0.1, 0.15) is 31.7 Å². The smallest absolute Gasteiger partial charge is 0.122 e. The van der Waals surface area contributed by atoms with Gasteiger partial charge < -0.3 is 9.64 Å². The number of benzene rings is 1. The minimum atomic E-state index is 0.719. The molecule has 2 nitrogen and oxygen atoms in total. The van der Waals surface area contributed by atoms with Gasteiger partial charge in [0.25, 0.3) is 0 Å². The Bertz CT molecular complexity index is 336. The third-order valence-electron chi connectivity index (χ3n) is 3.29. The Morgan fingerprint density at radius 3 is 2.56 bits per heavy atom. The third-order valence-corrected chi connectivity index (χ3v) is 3.29. The Hall–Kier alpha value is -1.02. The van der Waals surface area contributed by atoms with Crippen molar-refractivity contribution in [3.63, 3.8) is 0 Å². The maximum atomic E-state index is 5.44. The first-order valence-corrected chi connectivity index (χ1v) is 6.94.